The van der Waals surface area contributed by atoms with Gasteiger partial charge in [-0.05, 0) is 51.8 Å². The van der Waals surface area contributed by atoms with Crippen molar-refractivity contribution in [1.29, 1.82) is 0 Å². The van der Waals surface area contributed by atoms with Gasteiger partial charge in [0.15, 0.2) is 0 Å². The Balaban J connectivity index is 1.45. The number of hydrogen-bond acceptors (Lipinski definition) is 6. The topological polar surface area (TPSA) is 118 Å². The molecule has 1 aromatic heterocycles. The molecule has 1 atom stereocenters. The number of allylic oxidation sites excluding steroid dienone is 1. The Morgan fingerprint density at radius 3 is 2.73 bits per heavy atom. The number of likely N-dealkylation sites (tertiary alicyclic amines) is 1. The lowest BCUT2D eigenvalue weighted by molar-refractivity contribution is -0.135. The van der Waals surface area contributed by atoms with E-state index in [9.17, 15) is 14.4 Å². The molecule has 198 valence electrons. The third kappa shape index (κ3) is 6.19. The highest BCUT2D eigenvalue weighted by Gasteiger charge is 2.41. The molecule has 1 fully saturated rings. The largest absolute Gasteiger partial charge is 0.489 e. The molecule has 2 aliphatic rings. The molecule has 1 saturated heterocycles. The summed E-state index contributed by atoms with van der Waals surface area (Å²) in [6.07, 6.45) is 5.92. The van der Waals surface area contributed by atoms with E-state index in [1.807, 2.05) is 44.0 Å². The van der Waals surface area contributed by atoms with Gasteiger partial charge in [0, 0.05) is 26.7 Å². The monoisotopic (exact) mass is 508 g/mol. The van der Waals surface area contributed by atoms with Crippen molar-refractivity contribution in [1.82, 2.24) is 25.3 Å². The maximum Gasteiger partial charge on any atom is 0.255 e. The number of nitrogens with zero attached hydrogens (tertiary/aromatic N) is 3. The summed E-state index contributed by atoms with van der Waals surface area (Å²) >= 11 is 0. The van der Waals surface area contributed by atoms with Gasteiger partial charge in [0.2, 0.25) is 11.8 Å². The van der Waals surface area contributed by atoms with Crippen LogP contribution in [-0.4, -0.2) is 71.7 Å². The molecule has 2 aliphatic heterocycles. The van der Waals surface area contributed by atoms with Crippen LogP contribution in [0.3, 0.4) is 0 Å². The summed E-state index contributed by atoms with van der Waals surface area (Å²) in [6.45, 7) is 6.11. The third-order valence-electron chi connectivity index (χ3n) is 7.12. The Hall–Kier alpha value is -3.66. The minimum atomic E-state index is -0.665. The Morgan fingerprint density at radius 2 is 1.95 bits per heavy atom. The molecule has 3 amide bonds. The molecule has 3 N–H and O–H groups in total. The molecule has 10 nitrogen and oxygen atoms in total. The van der Waals surface area contributed by atoms with E-state index in [-0.39, 0.29) is 30.9 Å². The number of fused-ring (bicyclic) bond motifs is 1. The van der Waals surface area contributed by atoms with E-state index in [1.165, 1.54) is 0 Å². The second-order valence-electron chi connectivity index (χ2n) is 9.81. The number of amides is 3. The van der Waals surface area contributed by atoms with E-state index >= 15 is 0 Å². The number of benzene rings is 1. The number of rotatable bonds is 3. The Bertz CT molecular complexity index is 1190. The van der Waals surface area contributed by atoms with Crippen LogP contribution in [0.15, 0.2) is 36.4 Å². The Kier molecular flexibility index (Phi) is 8.27. The van der Waals surface area contributed by atoms with E-state index in [4.69, 9.17) is 4.74 Å². The number of ether oxygens (including phenoxy) is 1. The van der Waals surface area contributed by atoms with E-state index in [0.29, 0.717) is 37.4 Å². The summed E-state index contributed by atoms with van der Waals surface area (Å²) in [6, 6.07) is 7.12. The standard InChI is InChI=1S/C27H36N6O4/c1-19-24(20(2)32(3)31-19)30-23(34)17-33-15-8-12-27(18-33)11-6-7-16-37-22-10-5-4-9-21(22)25(35)28-13-14-29-26(27)36/h4-7,9-10H,8,11-18H2,1-3H3,(H,28,35)(H,29,36)(H,30,34)/b7-6-. The average Bonchev–Trinajstić information content (AvgIpc) is 3.11. The molecule has 37 heavy (non-hydrogen) atoms. The summed E-state index contributed by atoms with van der Waals surface area (Å²) in [7, 11) is 1.85. The molecule has 1 aromatic carbocycles. The Labute approximate surface area is 217 Å². The van der Waals surface area contributed by atoms with Crippen LogP contribution in [0.4, 0.5) is 5.69 Å². The maximum atomic E-state index is 13.4. The zero-order chi connectivity index (χ0) is 26.4. The number of nitrogens with one attached hydrogen (secondary N) is 3. The van der Waals surface area contributed by atoms with Crippen molar-refractivity contribution < 1.29 is 19.1 Å². The smallest absolute Gasteiger partial charge is 0.255 e. The highest BCUT2D eigenvalue weighted by molar-refractivity contribution is 5.97. The van der Waals surface area contributed by atoms with E-state index < -0.39 is 5.41 Å². The van der Waals surface area contributed by atoms with Gasteiger partial charge in [-0.15, -0.1) is 0 Å². The molecule has 0 aliphatic carbocycles. The minimum Gasteiger partial charge on any atom is -0.489 e. The van der Waals surface area contributed by atoms with Crippen LogP contribution in [0.5, 0.6) is 5.75 Å². The maximum absolute atomic E-state index is 13.4. The number of aromatic nitrogens is 2. The first kappa shape index (κ1) is 26.4. The van der Waals surface area contributed by atoms with Gasteiger partial charge in [-0.1, -0.05) is 24.3 Å². The van der Waals surface area contributed by atoms with Crippen LogP contribution in [0.2, 0.25) is 0 Å². The number of carbonyl (C=O) groups is 3. The predicted molar refractivity (Wildman–Crippen MR) is 140 cm³/mol. The number of carbonyl (C=O) groups excluding carboxylic acids is 3. The van der Waals surface area contributed by atoms with Crippen molar-refractivity contribution >= 4 is 23.4 Å². The van der Waals surface area contributed by atoms with E-state index in [1.54, 1.807) is 22.9 Å². The summed E-state index contributed by atoms with van der Waals surface area (Å²) < 4.78 is 7.59. The number of aryl methyl sites for hydroxylation is 2. The molecule has 2 aromatic rings. The molecule has 0 saturated carbocycles. The van der Waals surface area contributed by atoms with Gasteiger partial charge in [0.05, 0.1) is 34.6 Å². The van der Waals surface area contributed by atoms with Gasteiger partial charge < -0.3 is 20.7 Å². The number of piperidine rings is 1. The molecule has 0 bridgehead atoms. The fourth-order valence-corrected chi connectivity index (χ4v) is 5.07. The summed E-state index contributed by atoms with van der Waals surface area (Å²) in [4.78, 5) is 41.0. The molecular weight excluding hydrogens is 472 g/mol. The fraction of sp³-hybridized carbons (Fsp3) is 0.481. The Morgan fingerprint density at radius 1 is 1.16 bits per heavy atom. The fourth-order valence-electron chi connectivity index (χ4n) is 5.07. The van der Waals surface area contributed by atoms with Crippen molar-refractivity contribution in [3.8, 4) is 5.75 Å². The van der Waals surface area contributed by atoms with Gasteiger partial charge in [-0.2, -0.15) is 5.10 Å². The number of para-hydroxylation sites is 1. The second kappa shape index (κ2) is 11.6. The molecule has 1 unspecified atom stereocenters. The summed E-state index contributed by atoms with van der Waals surface area (Å²) in [5.74, 6) is 0.0978. The van der Waals surface area contributed by atoms with Crippen LogP contribution in [-0.2, 0) is 16.6 Å². The van der Waals surface area contributed by atoms with Crippen molar-refractivity contribution in [3.63, 3.8) is 0 Å². The average molecular weight is 509 g/mol. The van der Waals surface area contributed by atoms with Crippen LogP contribution < -0.4 is 20.7 Å². The summed E-state index contributed by atoms with van der Waals surface area (Å²) in [5, 5.41) is 13.2. The van der Waals surface area contributed by atoms with E-state index in [0.717, 1.165) is 36.5 Å². The molecule has 3 heterocycles. The normalized spacial score (nSPS) is 22.2. The SMILES string of the molecule is Cc1nn(C)c(C)c1NC(=O)CN1CCCC2(C/C=C\COc3ccccc3C(=O)NCCNC2=O)C1. The van der Waals surface area contributed by atoms with Gasteiger partial charge >= 0.3 is 0 Å². The third-order valence-corrected chi connectivity index (χ3v) is 7.12. The first-order valence-electron chi connectivity index (χ1n) is 12.7. The minimum absolute atomic E-state index is 0.0613. The second-order valence-corrected chi connectivity index (χ2v) is 9.81. The first-order valence-corrected chi connectivity index (χ1v) is 12.7. The molecular formula is C27H36N6O4. The van der Waals surface area contributed by atoms with Gasteiger partial charge in [-0.25, -0.2) is 0 Å². The lowest BCUT2D eigenvalue weighted by Gasteiger charge is -2.41. The van der Waals surface area contributed by atoms with Gasteiger partial charge in [0.25, 0.3) is 5.91 Å². The summed E-state index contributed by atoms with van der Waals surface area (Å²) in [5.41, 5.74) is 2.21. The van der Waals surface area contributed by atoms with Crippen LogP contribution in [0, 0.1) is 19.3 Å². The lowest BCUT2D eigenvalue weighted by atomic mass is 9.76. The van der Waals surface area contributed by atoms with Crippen molar-refractivity contribution in [3.05, 3.63) is 53.4 Å². The molecule has 10 heteroatoms. The molecule has 0 radical (unpaired) electrons. The van der Waals surface area contributed by atoms with Crippen LogP contribution >= 0.6 is 0 Å². The molecule has 1 spiro atoms. The zero-order valence-electron chi connectivity index (χ0n) is 21.8. The number of hydrogen-bond donors (Lipinski definition) is 3. The highest BCUT2D eigenvalue weighted by atomic mass is 16.5. The van der Waals surface area contributed by atoms with Crippen LogP contribution in [0.25, 0.3) is 0 Å². The van der Waals surface area contributed by atoms with Gasteiger partial charge in [-0.3, -0.25) is 24.0 Å². The highest BCUT2D eigenvalue weighted by Crippen LogP contribution is 2.34. The van der Waals surface area contributed by atoms with Crippen molar-refractivity contribution in [2.24, 2.45) is 12.5 Å². The van der Waals surface area contributed by atoms with Crippen molar-refractivity contribution in [2.75, 3.05) is 44.6 Å². The first-order chi connectivity index (χ1) is 17.8. The number of anilines is 1. The lowest BCUT2D eigenvalue weighted by Crippen LogP contribution is -2.53. The van der Waals surface area contributed by atoms with Crippen molar-refractivity contribution in [2.45, 2.75) is 33.1 Å². The van der Waals surface area contributed by atoms with E-state index in [2.05, 4.69) is 21.0 Å². The predicted octanol–water partition coefficient (Wildman–Crippen LogP) is 1.94. The quantitative estimate of drug-likeness (QED) is 0.546. The molecule has 4 rings (SSSR count). The zero-order valence-corrected chi connectivity index (χ0v) is 21.8. The van der Waals surface area contributed by atoms with Crippen LogP contribution in [0.1, 0.15) is 41.0 Å². The van der Waals surface area contributed by atoms with Gasteiger partial charge in [0.1, 0.15) is 12.4 Å².